The van der Waals surface area contributed by atoms with Crippen LogP contribution in [0.4, 0.5) is 5.69 Å². The summed E-state index contributed by atoms with van der Waals surface area (Å²) in [6.45, 7) is 3.59. The molecule has 1 aromatic heterocycles. The number of anilines is 1. The van der Waals surface area contributed by atoms with Gasteiger partial charge in [0.1, 0.15) is 5.69 Å². The molecule has 1 aliphatic rings. The van der Waals surface area contributed by atoms with Gasteiger partial charge in [0.25, 0.3) is 5.91 Å². The average molecular weight is 310 g/mol. The highest BCUT2D eigenvalue weighted by molar-refractivity contribution is 6.00. The SMILES string of the molecule is C[C@@H]1Cc2ccccc2N1C(=O)[C@@H](C)OC(=O)c1ccccn1. The molecule has 0 spiro atoms. The van der Waals surface area contributed by atoms with Crippen LogP contribution in [-0.4, -0.2) is 29.0 Å². The summed E-state index contributed by atoms with van der Waals surface area (Å²) in [5, 5.41) is 0. The molecule has 118 valence electrons. The molecule has 1 amide bonds. The van der Waals surface area contributed by atoms with Crippen molar-refractivity contribution in [3.8, 4) is 0 Å². The number of rotatable bonds is 3. The van der Waals surface area contributed by atoms with E-state index < -0.39 is 12.1 Å². The van der Waals surface area contributed by atoms with Crippen LogP contribution in [-0.2, 0) is 16.0 Å². The second-order valence-electron chi connectivity index (χ2n) is 5.65. The van der Waals surface area contributed by atoms with Crippen molar-refractivity contribution >= 4 is 17.6 Å². The Labute approximate surface area is 134 Å². The van der Waals surface area contributed by atoms with E-state index in [2.05, 4.69) is 4.98 Å². The van der Waals surface area contributed by atoms with E-state index in [1.807, 2.05) is 31.2 Å². The summed E-state index contributed by atoms with van der Waals surface area (Å²) in [4.78, 5) is 30.4. The average Bonchev–Trinajstić information content (AvgIpc) is 2.90. The first-order chi connectivity index (χ1) is 11.1. The summed E-state index contributed by atoms with van der Waals surface area (Å²) < 4.78 is 5.28. The molecule has 23 heavy (non-hydrogen) atoms. The zero-order chi connectivity index (χ0) is 16.4. The lowest BCUT2D eigenvalue weighted by atomic mass is 10.1. The highest BCUT2D eigenvalue weighted by Gasteiger charge is 2.34. The van der Waals surface area contributed by atoms with Gasteiger partial charge in [0.15, 0.2) is 6.10 Å². The molecule has 0 saturated carbocycles. The number of fused-ring (bicyclic) bond motifs is 1. The maximum atomic E-state index is 12.7. The van der Waals surface area contributed by atoms with E-state index in [4.69, 9.17) is 4.74 Å². The van der Waals surface area contributed by atoms with Gasteiger partial charge in [-0.15, -0.1) is 0 Å². The van der Waals surface area contributed by atoms with Crippen molar-refractivity contribution in [3.63, 3.8) is 0 Å². The number of carbonyl (C=O) groups is 2. The number of benzene rings is 1. The zero-order valence-corrected chi connectivity index (χ0v) is 13.1. The first-order valence-electron chi connectivity index (χ1n) is 7.61. The molecule has 0 fully saturated rings. The highest BCUT2D eigenvalue weighted by Crippen LogP contribution is 2.32. The molecule has 0 bridgehead atoms. The Morgan fingerprint density at radius 1 is 1.22 bits per heavy atom. The number of carbonyl (C=O) groups excluding carboxylic acids is 2. The molecule has 5 nitrogen and oxygen atoms in total. The van der Waals surface area contributed by atoms with E-state index in [1.165, 1.54) is 6.20 Å². The van der Waals surface area contributed by atoms with Crippen LogP contribution in [0.25, 0.3) is 0 Å². The number of hydrogen-bond donors (Lipinski definition) is 0. The van der Waals surface area contributed by atoms with Gasteiger partial charge in [-0.25, -0.2) is 9.78 Å². The lowest BCUT2D eigenvalue weighted by Crippen LogP contribution is -2.43. The molecule has 2 heterocycles. The Bertz CT molecular complexity index is 730. The summed E-state index contributed by atoms with van der Waals surface area (Å²) in [6.07, 6.45) is 1.46. The Morgan fingerprint density at radius 2 is 1.96 bits per heavy atom. The lowest BCUT2D eigenvalue weighted by molar-refractivity contribution is -0.126. The maximum absolute atomic E-state index is 12.7. The van der Waals surface area contributed by atoms with Crippen LogP contribution < -0.4 is 4.90 Å². The smallest absolute Gasteiger partial charge is 0.357 e. The summed E-state index contributed by atoms with van der Waals surface area (Å²) in [6, 6.07) is 12.8. The number of hydrogen-bond acceptors (Lipinski definition) is 4. The molecular weight excluding hydrogens is 292 g/mol. The second kappa shape index (κ2) is 6.20. The fraction of sp³-hybridized carbons (Fsp3) is 0.278. The number of esters is 1. The molecule has 2 atom stereocenters. The van der Waals surface area contributed by atoms with Gasteiger partial charge in [-0.1, -0.05) is 24.3 Å². The van der Waals surface area contributed by atoms with E-state index in [9.17, 15) is 9.59 Å². The molecule has 0 radical (unpaired) electrons. The monoisotopic (exact) mass is 310 g/mol. The number of pyridine rings is 1. The predicted octanol–water partition coefficient (Wildman–Crippen LogP) is 2.60. The summed E-state index contributed by atoms with van der Waals surface area (Å²) >= 11 is 0. The van der Waals surface area contributed by atoms with Crippen molar-refractivity contribution in [1.82, 2.24) is 4.98 Å². The van der Waals surface area contributed by atoms with Crippen molar-refractivity contribution in [1.29, 1.82) is 0 Å². The minimum Gasteiger partial charge on any atom is -0.448 e. The molecule has 0 unspecified atom stereocenters. The van der Waals surface area contributed by atoms with Crippen molar-refractivity contribution in [2.24, 2.45) is 0 Å². The fourth-order valence-corrected chi connectivity index (χ4v) is 2.85. The maximum Gasteiger partial charge on any atom is 0.357 e. The molecule has 5 heteroatoms. The van der Waals surface area contributed by atoms with Gasteiger partial charge >= 0.3 is 5.97 Å². The van der Waals surface area contributed by atoms with Crippen LogP contribution in [0, 0.1) is 0 Å². The summed E-state index contributed by atoms with van der Waals surface area (Å²) in [5.74, 6) is -0.807. The fourth-order valence-electron chi connectivity index (χ4n) is 2.85. The van der Waals surface area contributed by atoms with Crippen molar-refractivity contribution in [2.75, 3.05) is 4.90 Å². The Balaban J connectivity index is 1.74. The van der Waals surface area contributed by atoms with E-state index in [0.29, 0.717) is 0 Å². The van der Waals surface area contributed by atoms with Crippen LogP contribution in [0.15, 0.2) is 48.7 Å². The number of aromatic nitrogens is 1. The molecule has 2 aromatic rings. The Hall–Kier alpha value is -2.69. The van der Waals surface area contributed by atoms with Crippen LogP contribution in [0.1, 0.15) is 29.9 Å². The molecule has 3 rings (SSSR count). The standard InChI is InChI=1S/C18H18N2O3/c1-12-11-14-7-3-4-9-16(14)20(12)17(21)13(2)23-18(22)15-8-5-6-10-19-15/h3-10,12-13H,11H2,1-2H3/t12-,13-/m1/s1. The van der Waals surface area contributed by atoms with Gasteiger partial charge in [0.2, 0.25) is 0 Å². The highest BCUT2D eigenvalue weighted by atomic mass is 16.5. The molecule has 1 aliphatic heterocycles. The van der Waals surface area contributed by atoms with Crippen molar-refractivity contribution in [2.45, 2.75) is 32.4 Å². The first kappa shape index (κ1) is 15.2. The number of para-hydroxylation sites is 1. The van der Waals surface area contributed by atoms with Gasteiger partial charge in [0.05, 0.1) is 0 Å². The van der Waals surface area contributed by atoms with Crippen LogP contribution in [0.5, 0.6) is 0 Å². The van der Waals surface area contributed by atoms with Gasteiger partial charge in [-0.2, -0.15) is 0 Å². The molecule has 0 N–H and O–H groups in total. The third-order valence-corrected chi connectivity index (χ3v) is 3.95. The minimum absolute atomic E-state index is 0.0518. The molecule has 0 aliphatic carbocycles. The van der Waals surface area contributed by atoms with Crippen molar-refractivity contribution in [3.05, 3.63) is 59.9 Å². The van der Waals surface area contributed by atoms with Crippen LogP contribution in [0.3, 0.4) is 0 Å². The Morgan fingerprint density at radius 3 is 2.70 bits per heavy atom. The molecule has 1 aromatic carbocycles. The van der Waals surface area contributed by atoms with Gasteiger partial charge in [-0.05, 0) is 44.0 Å². The zero-order valence-electron chi connectivity index (χ0n) is 13.1. The predicted molar refractivity (Wildman–Crippen MR) is 86.2 cm³/mol. The van der Waals surface area contributed by atoms with Crippen LogP contribution in [0.2, 0.25) is 0 Å². The summed E-state index contributed by atoms with van der Waals surface area (Å²) in [5.41, 5.74) is 2.23. The molecular formula is C18H18N2O3. The van der Waals surface area contributed by atoms with Gasteiger partial charge in [0, 0.05) is 17.9 Å². The normalized spacial score (nSPS) is 17.5. The Kier molecular flexibility index (Phi) is 4.10. The topological polar surface area (TPSA) is 59.5 Å². The summed E-state index contributed by atoms with van der Waals surface area (Å²) in [7, 11) is 0. The van der Waals surface area contributed by atoms with E-state index in [1.54, 1.807) is 30.0 Å². The number of ether oxygens (including phenoxy) is 1. The van der Waals surface area contributed by atoms with Gasteiger partial charge in [-0.3, -0.25) is 4.79 Å². The largest absolute Gasteiger partial charge is 0.448 e. The quantitative estimate of drug-likeness (QED) is 0.818. The number of nitrogens with zero attached hydrogens (tertiary/aromatic N) is 2. The van der Waals surface area contributed by atoms with E-state index in [0.717, 1.165) is 17.7 Å². The van der Waals surface area contributed by atoms with Crippen LogP contribution >= 0.6 is 0 Å². The first-order valence-corrected chi connectivity index (χ1v) is 7.61. The third-order valence-electron chi connectivity index (χ3n) is 3.95. The third kappa shape index (κ3) is 2.95. The van der Waals surface area contributed by atoms with E-state index >= 15 is 0 Å². The van der Waals surface area contributed by atoms with Crippen molar-refractivity contribution < 1.29 is 14.3 Å². The minimum atomic E-state index is -0.863. The second-order valence-corrected chi connectivity index (χ2v) is 5.65. The number of amides is 1. The van der Waals surface area contributed by atoms with Gasteiger partial charge < -0.3 is 9.64 Å². The molecule has 0 saturated heterocycles. The lowest BCUT2D eigenvalue weighted by Gasteiger charge is -2.25. The van der Waals surface area contributed by atoms with E-state index in [-0.39, 0.29) is 17.6 Å².